The standard InChI is InChI=1S/C11H6FIN2O3/c12-8-5-7(15(16)17)1-2-10(8)18-11-3-4-14-6-9(11)13/h1-6H. The number of ether oxygens (including phenoxy) is 1. The molecule has 2 rings (SSSR count). The highest BCUT2D eigenvalue weighted by Gasteiger charge is 2.13. The predicted molar refractivity (Wildman–Crippen MR) is 70.1 cm³/mol. The number of nitrogens with zero attached hydrogens (tertiary/aromatic N) is 2. The number of benzene rings is 1. The van der Waals surface area contributed by atoms with Crippen LogP contribution in [0.25, 0.3) is 0 Å². The van der Waals surface area contributed by atoms with E-state index in [0.717, 1.165) is 6.07 Å². The second kappa shape index (κ2) is 5.25. The van der Waals surface area contributed by atoms with Crippen molar-refractivity contribution in [2.24, 2.45) is 0 Å². The Balaban J connectivity index is 2.30. The minimum absolute atomic E-state index is 0.0651. The summed E-state index contributed by atoms with van der Waals surface area (Å²) in [5, 5.41) is 10.5. The number of aromatic nitrogens is 1. The molecular weight excluding hydrogens is 354 g/mol. The van der Waals surface area contributed by atoms with Crippen molar-refractivity contribution in [1.29, 1.82) is 0 Å². The third-order valence-electron chi connectivity index (χ3n) is 2.08. The van der Waals surface area contributed by atoms with Gasteiger partial charge in [0.1, 0.15) is 5.75 Å². The third-order valence-corrected chi connectivity index (χ3v) is 2.89. The fraction of sp³-hybridized carbons (Fsp3) is 0. The molecule has 0 fully saturated rings. The van der Waals surface area contributed by atoms with E-state index < -0.39 is 10.7 Å². The van der Waals surface area contributed by atoms with Crippen LogP contribution in [-0.2, 0) is 0 Å². The molecule has 92 valence electrons. The van der Waals surface area contributed by atoms with Crippen LogP contribution in [-0.4, -0.2) is 9.91 Å². The molecule has 7 heteroatoms. The minimum Gasteiger partial charge on any atom is -0.453 e. The van der Waals surface area contributed by atoms with Gasteiger partial charge in [-0.3, -0.25) is 15.1 Å². The minimum atomic E-state index is -0.781. The van der Waals surface area contributed by atoms with Gasteiger partial charge >= 0.3 is 0 Å². The molecule has 0 aliphatic carbocycles. The van der Waals surface area contributed by atoms with Gasteiger partial charge in [-0.25, -0.2) is 4.39 Å². The first-order valence-corrected chi connectivity index (χ1v) is 5.87. The monoisotopic (exact) mass is 360 g/mol. The molecule has 0 amide bonds. The molecule has 5 nitrogen and oxygen atoms in total. The molecule has 0 spiro atoms. The van der Waals surface area contributed by atoms with Crippen molar-refractivity contribution in [3.63, 3.8) is 0 Å². The molecule has 18 heavy (non-hydrogen) atoms. The number of halogens is 2. The van der Waals surface area contributed by atoms with Crippen LogP contribution >= 0.6 is 22.6 Å². The summed E-state index contributed by atoms with van der Waals surface area (Å²) in [6.07, 6.45) is 3.08. The first kappa shape index (κ1) is 12.7. The summed E-state index contributed by atoms with van der Waals surface area (Å²) in [6, 6.07) is 4.82. The second-order valence-corrected chi connectivity index (χ2v) is 4.44. The molecule has 1 aromatic carbocycles. The normalized spacial score (nSPS) is 10.1. The van der Waals surface area contributed by atoms with Crippen molar-refractivity contribution < 1.29 is 14.1 Å². The summed E-state index contributed by atoms with van der Waals surface area (Å²) in [7, 11) is 0. The topological polar surface area (TPSA) is 65.3 Å². The van der Waals surface area contributed by atoms with Gasteiger partial charge in [-0.1, -0.05) is 0 Å². The number of nitro benzene ring substituents is 1. The summed E-state index contributed by atoms with van der Waals surface area (Å²) < 4.78 is 19.6. The van der Waals surface area contributed by atoms with Gasteiger partial charge in [0.05, 0.1) is 14.6 Å². The highest BCUT2D eigenvalue weighted by molar-refractivity contribution is 14.1. The van der Waals surface area contributed by atoms with Gasteiger partial charge in [-0.05, 0) is 28.7 Å². The maximum atomic E-state index is 13.6. The van der Waals surface area contributed by atoms with Crippen LogP contribution in [0.2, 0.25) is 0 Å². The van der Waals surface area contributed by atoms with Gasteiger partial charge in [0.15, 0.2) is 11.6 Å². The van der Waals surface area contributed by atoms with Gasteiger partial charge in [0.2, 0.25) is 0 Å². The Morgan fingerprint density at radius 2 is 2.11 bits per heavy atom. The van der Waals surface area contributed by atoms with Gasteiger partial charge in [-0.15, -0.1) is 0 Å². The van der Waals surface area contributed by atoms with E-state index in [1.54, 1.807) is 12.3 Å². The van der Waals surface area contributed by atoms with Crippen LogP contribution in [0.3, 0.4) is 0 Å². The molecule has 0 saturated heterocycles. The van der Waals surface area contributed by atoms with Crippen molar-refractivity contribution >= 4 is 28.3 Å². The zero-order valence-corrected chi connectivity index (χ0v) is 11.0. The molecule has 1 heterocycles. The lowest BCUT2D eigenvalue weighted by atomic mass is 10.3. The highest BCUT2D eigenvalue weighted by Crippen LogP contribution is 2.29. The quantitative estimate of drug-likeness (QED) is 0.477. The van der Waals surface area contributed by atoms with Crippen molar-refractivity contribution in [3.8, 4) is 11.5 Å². The Morgan fingerprint density at radius 1 is 1.33 bits per heavy atom. The van der Waals surface area contributed by atoms with Crippen molar-refractivity contribution in [1.82, 2.24) is 4.98 Å². The van der Waals surface area contributed by atoms with Crippen molar-refractivity contribution in [2.75, 3.05) is 0 Å². The fourth-order valence-electron chi connectivity index (χ4n) is 1.25. The maximum Gasteiger partial charge on any atom is 0.272 e. The van der Waals surface area contributed by atoms with E-state index in [1.807, 2.05) is 22.6 Å². The number of hydrogen-bond acceptors (Lipinski definition) is 4. The summed E-state index contributed by atoms with van der Waals surface area (Å²) in [6.45, 7) is 0. The maximum absolute atomic E-state index is 13.6. The number of rotatable bonds is 3. The van der Waals surface area contributed by atoms with E-state index in [0.29, 0.717) is 9.32 Å². The average molecular weight is 360 g/mol. The lowest BCUT2D eigenvalue weighted by Gasteiger charge is -2.07. The Hall–Kier alpha value is -1.77. The van der Waals surface area contributed by atoms with Crippen molar-refractivity contribution in [2.45, 2.75) is 0 Å². The van der Waals surface area contributed by atoms with E-state index >= 15 is 0 Å². The molecule has 0 N–H and O–H groups in total. The zero-order valence-electron chi connectivity index (χ0n) is 8.84. The van der Waals surface area contributed by atoms with Gasteiger partial charge in [0, 0.05) is 24.5 Å². The first-order chi connectivity index (χ1) is 8.58. The van der Waals surface area contributed by atoms with E-state index in [4.69, 9.17) is 4.74 Å². The lowest BCUT2D eigenvalue weighted by Crippen LogP contribution is -1.93. The number of pyridine rings is 1. The van der Waals surface area contributed by atoms with Crippen LogP contribution in [0, 0.1) is 19.5 Å². The molecule has 2 aromatic rings. The zero-order chi connectivity index (χ0) is 13.1. The SMILES string of the molecule is O=[N+]([O-])c1ccc(Oc2ccncc2I)c(F)c1. The molecule has 0 bridgehead atoms. The molecule has 0 aliphatic rings. The summed E-state index contributed by atoms with van der Waals surface area (Å²) in [4.78, 5) is 13.7. The van der Waals surface area contributed by atoms with Crippen molar-refractivity contribution in [3.05, 3.63) is 56.2 Å². The van der Waals surface area contributed by atoms with Crippen LogP contribution in [0.5, 0.6) is 11.5 Å². The Bertz CT molecular complexity index is 607. The van der Waals surface area contributed by atoms with E-state index in [-0.39, 0.29) is 11.4 Å². The molecule has 0 atom stereocenters. The Labute approximate surface area is 115 Å². The van der Waals surface area contributed by atoms with Crippen LogP contribution in [0.15, 0.2) is 36.7 Å². The summed E-state index contributed by atoms with van der Waals surface area (Å²) >= 11 is 2.00. The van der Waals surface area contributed by atoms with E-state index in [9.17, 15) is 14.5 Å². The Kier molecular flexibility index (Phi) is 3.70. The smallest absolute Gasteiger partial charge is 0.272 e. The Morgan fingerprint density at radius 3 is 2.72 bits per heavy atom. The molecule has 0 radical (unpaired) electrons. The summed E-state index contributed by atoms with van der Waals surface area (Å²) in [5.41, 5.74) is -0.315. The predicted octanol–water partition coefficient (Wildman–Crippen LogP) is 3.53. The van der Waals surface area contributed by atoms with Gasteiger partial charge < -0.3 is 4.74 Å². The van der Waals surface area contributed by atoms with Crippen LogP contribution in [0.4, 0.5) is 10.1 Å². The number of hydrogen-bond donors (Lipinski definition) is 0. The van der Waals surface area contributed by atoms with Crippen LogP contribution in [0.1, 0.15) is 0 Å². The lowest BCUT2D eigenvalue weighted by molar-refractivity contribution is -0.385. The van der Waals surface area contributed by atoms with Gasteiger partial charge in [-0.2, -0.15) is 0 Å². The third kappa shape index (κ3) is 2.73. The molecule has 0 unspecified atom stereocenters. The van der Waals surface area contributed by atoms with E-state index in [2.05, 4.69) is 4.98 Å². The van der Waals surface area contributed by atoms with Crippen LogP contribution < -0.4 is 4.74 Å². The summed E-state index contributed by atoms with van der Waals surface area (Å²) in [5.74, 6) is -0.403. The van der Waals surface area contributed by atoms with E-state index in [1.165, 1.54) is 18.3 Å². The second-order valence-electron chi connectivity index (χ2n) is 3.28. The number of nitro groups is 1. The molecule has 0 aliphatic heterocycles. The highest BCUT2D eigenvalue weighted by atomic mass is 127. The average Bonchev–Trinajstić information content (AvgIpc) is 2.34. The largest absolute Gasteiger partial charge is 0.453 e. The first-order valence-electron chi connectivity index (χ1n) is 4.79. The molecule has 1 aromatic heterocycles. The van der Waals surface area contributed by atoms with Gasteiger partial charge in [0.25, 0.3) is 5.69 Å². The molecule has 0 saturated carbocycles. The molecular formula is C11H6FIN2O3. The number of non-ortho nitro benzene ring substituents is 1. The fourth-order valence-corrected chi connectivity index (χ4v) is 1.70.